The van der Waals surface area contributed by atoms with Crippen molar-refractivity contribution in [3.05, 3.63) is 75.8 Å². The molecule has 0 amide bonds. The second-order valence-corrected chi connectivity index (χ2v) is 9.75. The van der Waals surface area contributed by atoms with Crippen LogP contribution >= 0.6 is 24.8 Å². The SMILES string of the molecule is CC1CC(O)(c2ccccc2)C(C)(CN2CCOCC2)CN1C.Cl.Cl.O=C(O)c1ccc([N+](=O)[O-])cc1. The Labute approximate surface area is 230 Å². The first-order valence-corrected chi connectivity index (χ1v) is 11.8. The molecule has 3 atom stereocenters. The van der Waals surface area contributed by atoms with Crippen LogP contribution in [0.4, 0.5) is 5.69 Å². The minimum absolute atomic E-state index is 0. The van der Waals surface area contributed by atoms with Gasteiger partial charge in [0.25, 0.3) is 5.69 Å². The van der Waals surface area contributed by atoms with Crippen LogP contribution in [0.1, 0.15) is 36.2 Å². The van der Waals surface area contributed by atoms with Gasteiger partial charge in [-0.05, 0) is 38.1 Å². The van der Waals surface area contributed by atoms with E-state index in [9.17, 15) is 20.0 Å². The molecule has 2 saturated heterocycles. The summed E-state index contributed by atoms with van der Waals surface area (Å²) in [5, 5.41) is 30.4. The first kappa shape index (κ1) is 32.8. The molecule has 0 bridgehead atoms. The maximum absolute atomic E-state index is 11.8. The molecule has 4 rings (SSSR count). The largest absolute Gasteiger partial charge is 0.478 e. The van der Waals surface area contributed by atoms with Crippen molar-refractivity contribution in [3.63, 3.8) is 0 Å². The van der Waals surface area contributed by atoms with Crippen LogP contribution in [0, 0.1) is 15.5 Å². The van der Waals surface area contributed by atoms with Gasteiger partial charge in [0.2, 0.25) is 0 Å². The molecule has 2 aliphatic rings. The number of carboxylic acid groups (broad SMARTS) is 1. The number of carbonyl (C=O) groups is 1. The predicted octanol–water partition coefficient (Wildman–Crippen LogP) is 4.07. The molecule has 2 N–H and O–H groups in total. The summed E-state index contributed by atoms with van der Waals surface area (Å²) in [5.74, 6) is -1.09. The van der Waals surface area contributed by atoms with Gasteiger partial charge in [-0.2, -0.15) is 0 Å². The van der Waals surface area contributed by atoms with Crippen LogP contribution in [0.3, 0.4) is 0 Å². The zero-order valence-corrected chi connectivity index (χ0v) is 23.0. The van der Waals surface area contributed by atoms with Crippen molar-refractivity contribution in [3.8, 4) is 0 Å². The fourth-order valence-corrected chi connectivity index (χ4v) is 5.01. The van der Waals surface area contributed by atoms with Crippen LogP contribution in [0.25, 0.3) is 0 Å². The normalized spacial score (nSPS) is 26.0. The van der Waals surface area contributed by atoms with Gasteiger partial charge in [-0.3, -0.25) is 15.0 Å². The summed E-state index contributed by atoms with van der Waals surface area (Å²) >= 11 is 0. The lowest BCUT2D eigenvalue weighted by atomic mass is 9.63. The van der Waals surface area contributed by atoms with Gasteiger partial charge in [-0.1, -0.05) is 37.3 Å². The Kier molecular flexibility index (Phi) is 12.4. The minimum Gasteiger partial charge on any atom is -0.478 e. The number of morpholine rings is 1. The molecule has 0 aliphatic carbocycles. The third kappa shape index (κ3) is 7.86. The summed E-state index contributed by atoms with van der Waals surface area (Å²) < 4.78 is 5.48. The van der Waals surface area contributed by atoms with Gasteiger partial charge in [0.1, 0.15) is 0 Å². The van der Waals surface area contributed by atoms with E-state index in [-0.39, 0.29) is 41.5 Å². The Morgan fingerprint density at radius 2 is 1.68 bits per heavy atom. The van der Waals surface area contributed by atoms with Crippen molar-refractivity contribution in [2.75, 3.05) is 46.4 Å². The lowest BCUT2D eigenvalue weighted by Gasteiger charge is -2.55. The smallest absolute Gasteiger partial charge is 0.335 e. The summed E-state index contributed by atoms with van der Waals surface area (Å²) in [4.78, 5) is 24.7. The second kappa shape index (κ2) is 14.0. The van der Waals surface area contributed by atoms with Gasteiger partial charge < -0.3 is 19.8 Å². The van der Waals surface area contributed by atoms with Gasteiger partial charge in [0.05, 0.1) is 29.3 Å². The highest BCUT2D eigenvalue weighted by atomic mass is 35.5. The maximum atomic E-state index is 11.8. The highest BCUT2D eigenvalue weighted by molar-refractivity contribution is 5.87. The number of piperidine rings is 1. The molecule has 2 fully saturated rings. The number of halogens is 2. The van der Waals surface area contributed by atoms with Crippen LogP contribution in [-0.2, 0) is 10.3 Å². The number of ether oxygens (including phenoxy) is 1. The van der Waals surface area contributed by atoms with E-state index < -0.39 is 16.5 Å². The van der Waals surface area contributed by atoms with Gasteiger partial charge in [-0.15, -0.1) is 24.8 Å². The Morgan fingerprint density at radius 3 is 2.19 bits per heavy atom. The molecular formula is C26H37Cl2N3O6. The van der Waals surface area contributed by atoms with Gasteiger partial charge in [0, 0.05) is 49.8 Å². The molecule has 0 spiro atoms. The molecule has 0 saturated carbocycles. The lowest BCUT2D eigenvalue weighted by molar-refractivity contribution is -0.384. The molecule has 2 heterocycles. The highest BCUT2D eigenvalue weighted by Crippen LogP contribution is 2.48. The number of hydrogen-bond acceptors (Lipinski definition) is 7. The monoisotopic (exact) mass is 557 g/mol. The Morgan fingerprint density at radius 1 is 1.11 bits per heavy atom. The van der Waals surface area contributed by atoms with E-state index in [4.69, 9.17) is 9.84 Å². The molecule has 2 aromatic carbocycles. The van der Waals surface area contributed by atoms with Crippen LogP contribution in [0.5, 0.6) is 0 Å². The highest BCUT2D eigenvalue weighted by Gasteiger charge is 2.53. The van der Waals surface area contributed by atoms with Crippen LogP contribution in [0.15, 0.2) is 54.6 Å². The summed E-state index contributed by atoms with van der Waals surface area (Å²) in [7, 11) is 2.17. The van der Waals surface area contributed by atoms with Crippen LogP contribution in [-0.4, -0.2) is 83.4 Å². The zero-order chi connectivity index (χ0) is 25.6. The fourth-order valence-electron chi connectivity index (χ4n) is 5.01. The zero-order valence-electron chi connectivity index (χ0n) is 21.4. The van der Waals surface area contributed by atoms with Crippen molar-refractivity contribution < 1.29 is 24.7 Å². The van der Waals surface area contributed by atoms with Crippen molar-refractivity contribution >= 4 is 36.5 Å². The van der Waals surface area contributed by atoms with Gasteiger partial charge in [0.15, 0.2) is 0 Å². The number of benzene rings is 2. The number of likely N-dealkylation sites (tertiary alicyclic amines) is 1. The number of hydrogen-bond donors (Lipinski definition) is 2. The number of nitro groups is 1. The molecule has 3 unspecified atom stereocenters. The summed E-state index contributed by atoms with van der Waals surface area (Å²) in [5.41, 5.74) is -0.0119. The number of non-ortho nitro benzene ring substituents is 1. The van der Waals surface area contributed by atoms with E-state index in [1.54, 1.807) is 0 Å². The van der Waals surface area contributed by atoms with Gasteiger partial charge >= 0.3 is 5.97 Å². The third-order valence-electron chi connectivity index (χ3n) is 7.19. The summed E-state index contributed by atoms with van der Waals surface area (Å²) in [6, 6.07) is 15.3. The topological polar surface area (TPSA) is 116 Å². The molecule has 0 radical (unpaired) electrons. The average Bonchev–Trinajstić information content (AvgIpc) is 2.84. The predicted molar refractivity (Wildman–Crippen MR) is 147 cm³/mol. The maximum Gasteiger partial charge on any atom is 0.335 e. The van der Waals surface area contributed by atoms with Gasteiger partial charge in [-0.25, -0.2) is 4.79 Å². The Balaban J connectivity index is 0.000000419. The van der Waals surface area contributed by atoms with E-state index in [1.807, 2.05) is 18.2 Å². The molecule has 2 aliphatic heterocycles. The lowest BCUT2D eigenvalue weighted by Crippen LogP contribution is -2.63. The standard InChI is InChI=1S/C19H30N2O2.C7H5NO4.2ClH/c1-16-13-19(22,17-7-5-4-6-8-17)18(2,14-20(16)3)15-21-9-11-23-12-10-21;9-7(10)5-1-3-6(4-2-5)8(11)12;;/h4-8,16,22H,9-15H2,1-3H3;1-4H,(H,9,10);2*1H. The van der Waals surface area contributed by atoms with E-state index in [1.165, 1.54) is 12.1 Å². The van der Waals surface area contributed by atoms with Crippen molar-refractivity contribution in [2.24, 2.45) is 5.41 Å². The Hall–Kier alpha value is -2.27. The quantitative estimate of drug-likeness (QED) is 0.417. The number of carboxylic acids is 1. The number of aromatic carboxylic acids is 1. The minimum atomic E-state index is -1.09. The fraction of sp³-hybridized carbons (Fsp3) is 0.500. The van der Waals surface area contributed by atoms with Crippen molar-refractivity contribution in [2.45, 2.75) is 31.9 Å². The van der Waals surface area contributed by atoms with Crippen molar-refractivity contribution in [1.29, 1.82) is 0 Å². The van der Waals surface area contributed by atoms with E-state index >= 15 is 0 Å². The molecular weight excluding hydrogens is 521 g/mol. The molecule has 2 aromatic rings. The summed E-state index contributed by atoms with van der Waals surface area (Å²) in [6.45, 7) is 9.77. The summed E-state index contributed by atoms with van der Waals surface area (Å²) in [6.07, 6.45) is 0.772. The number of nitro benzene ring substituents is 1. The van der Waals surface area contributed by atoms with E-state index in [0.29, 0.717) is 6.04 Å². The van der Waals surface area contributed by atoms with E-state index in [0.717, 1.165) is 63.5 Å². The van der Waals surface area contributed by atoms with Crippen LogP contribution in [0.2, 0.25) is 0 Å². The number of rotatable bonds is 5. The second-order valence-electron chi connectivity index (χ2n) is 9.75. The molecule has 9 nitrogen and oxygen atoms in total. The van der Waals surface area contributed by atoms with Crippen molar-refractivity contribution in [1.82, 2.24) is 9.80 Å². The number of aliphatic hydroxyl groups is 1. The van der Waals surface area contributed by atoms with E-state index in [2.05, 4.69) is 42.8 Å². The van der Waals surface area contributed by atoms with Crippen LogP contribution < -0.4 is 0 Å². The molecule has 206 valence electrons. The first-order valence-electron chi connectivity index (χ1n) is 11.8. The molecule has 11 heteroatoms. The first-order chi connectivity index (χ1) is 16.6. The Bertz CT molecular complexity index is 974. The average molecular weight is 559 g/mol. The number of nitrogens with zero attached hydrogens (tertiary/aromatic N) is 3. The third-order valence-corrected chi connectivity index (χ3v) is 7.19. The molecule has 0 aromatic heterocycles. The molecule has 37 heavy (non-hydrogen) atoms.